The number of carbonyl (C=O) groups is 1. The molecule has 0 aliphatic carbocycles. The minimum absolute atomic E-state index is 0. The van der Waals surface area contributed by atoms with Crippen molar-refractivity contribution in [1.82, 2.24) is 5.32 Å². The molecule has 0 aliphatic rings. The third-order valence-corrected chi connectivity index (χ3v) is 1.33. The second-order valence-electron chi connectivity index (χ2n) is 2.45. The van der Waals surface area contributed by atoms with Crippen LogP contribution in [0.3, 0.4) is 0 Å². The fourth-order valence-electron chi connectivity index (χ4n) is 0.690. The molecule has 0 aromatic rings. The molecule has 1 N–H and O–H groups in total. The van der Waals surface area contributed by atoms with Gasteiger partial charge < -0.3 is 5.32 Å². The van der Waals surface area contributed by atoms with E-state index in [1.807, 2.05) is 0 Å². The molecule has 3 heteroatoms. The average Bonchev–Trinajstić information content (AvgIpc) is 1.97. The Morgan fingerprint density at radius 2 is 1.91 bits per heavy atom. The summed E-state index contributed by atoms with van der Waals surface area (Å²) in [5, 5.41) is 2.83. The monoisotopic (exact) mass is 183 g/mol. The first-order valence-corrected chi connectivity index (χ1v) is 4.08. The molecule has 0 saturated heterocycles. The Bertz CT molecular complexity index is 86.1. The molecule has 2 nitrogen and oxygen atoms in total. The molecule has 0 aromatic carbocycles. The zero-order chi connectivity index (χ0) is 7.82. The summed E-state index contributed by atoms with van der Waals surface area (Å²) in [4.78, 5) is 10.8. The van der Waals surface area contributed by atoms with Gasteiger partial charge in [-0.15, -0.1) is 0 Å². The maximum absolute atomic E-state index is 10.8. The van der Waals surface area contributed by atoms with Gasteiger partial charge in [0, 0.05) is 50.7 Å². The summed E-state index contributed by atoms with van der Waals surface area (Å²) in [5.41, 5.74) is 0. The molecule has 0 rings (SSSR count). The second kappa shape index (κ2) is 10.7. The van der Waals surface area contributed by atoms with Crippen molar-refractivity contribution >= 4 is 43.6 Å². The van der Waals surface area contributed by atoms with Crippen LogP contribution in [0, 0.1) is 0 Å². The molecule has 0 unspecified atom stereocenters. The van der Waals surface area contributed by atoms with E-state index in [9.17, 15) is 4.79 Å². The largest absolute Gasteiger partial charge is 0.356 e. The van der Waals surface area contributed by atoms with Gasteiger partial charge in [-0.1, -0.05) is 20.3 Å². The van der Waals surface area contributed by atoms with Gasteiger partial charge in [0.05, 0.1) is 0 Å². The number of hydrogen-bond donors (Lipinski definition) is 1. The van der Waals surface area contributed by atoms with Gasteiger partial charge in [0.2, 0.25) is 5.91 Å². The summed E-state index contributed by atoms with van der Waals surface area (Å²) in [6, 6.07) is 0. The Morgan fingerprint density at radius 1 is 1.27 bits per heavy atom. The smallest absolute Gasteiger partial charge is 0.219 e. The first-order valence-electron chi connectivity index (χ1n) is 4.08. The number of hydrogen-bond acceptors (Lipinski definition) is 1. The van der Waals surface area contributed by atoms with E-state index < -0.39 is 0 Å². The van der Waals surface area contributed by atoms with E-state index in [0.717, 1.165) is 25.8 Å². The molecule has 0 atom stereocenters. The van der Waals surface area contributed by atoms with E-state index in [1.54, 1.807) is 0 Å². The molecular weight excluding hydrogens is 166 g/mol. The number of nitrogens with one attached hydrogen (secondary N) is 1. The standard InChI is InChI=1S/C8H17NO.Ca/c1-3-5-6-8(10)9-7-4-2;/h3-7H2,1-2H3,(H,9,10);. The molecule has 0 bridgehead atoms. The quantitative estimate of drug-likeness (QED) is 0.640. The van der Waals surface area contributed by atoms with Crippen molar-refractivity contribution in [3.05, 3.63) is 0 Å². The van der Waals surface area contributed by atoms with Crippen molar-refractivity contribution in [2.24, 2.45) is 0 Å². The van der Waals surface area contributed by atoms with Gasteiger partial charge in [0.15, 0.2) is 0 Å². The van der Waals surface area contributed by atoms with Gasteiger partial charge in [-0.05, 0) is 12.8 Å². The van der Waals surface area contributed by atoms with E-state index in [0.29, 0.717) is 6.42 Å². The summed E-state index contributed by atoms with van der Waals surface area (Å²) in [7, 11) is 0. The maximum atomic E-state index is 10.8. The molecule has 0 heterocycles. The molecule has 11 heavy (non-hydrogen) atoms. The Morgan fingerprint density at radius 3 is 2.36 bits per heavy atom. The van der Waals surface area contributed by atoms with Crippen LogP contribution in [0.4, 0.5) is 0 Å². The molecule has 1 amide bonds. The van der Waals surface area contributed by atoms with Crippen LogP contribution >= 0.6 is 0 Å². The van der Waals surface area contributed by atoms with Crippen LogP contribution in [-0.2, 0) is 4.79 Å². The van der Waals surface area contributed by atoms with Crippen LogP contribution in [0.25, 0.3) is 0 Å². The number of unbranched alkanes of at least 4 members (excludes halogenated alkanes) is 1. The third-order valence-electron chi connectivity index (χ3n) is 1.33. The van der Waals surface area contributed by atoms with Crippen molar-refractivity contribution in [2.45, 2.75) is 39.5 Å². The van der Waals surface area contributed by atoms with E-state index in [4.69, 9.17) is 0 Å². The summed E-state index contributed by atoms with van der Waals surface area (Å²) >= 11 is 0. The number of carbonyl (C=O) groups excluding carboxylic acids is 1. The summed E-state index contributed by atoms with van der Waals surface area (Å²) < 4.78 is 0. The average molecular weight is 183 g/mol. The van der Waals surface area contributed by atoms with Crippen molar-refractivity contribution in [3.63, 3.8) is 0 Å². The predicted octanol–water partition coefficient (Wildman–Crippen LogP) is 1.32. The molecule has 2 radical (unpaired) electrons. The first kappa shape index (κ1) is 14.3. The fraction of sp³-hybridized carbons (Fsp3) is 0.875. The van der Waals surface area contributed by atoms with Crippen LogP contribution in [0.15, 0.2) is 0 Å². The SMILES string of the molecule is CCCCC(=O)NCCC.[Ca]. The number of rotatable bonds is 5. The Hall–Kier alpha value is 0.730. The van der Waals surface area contributed by atoms with Gasteiger partial charge in [-0.2, -0.15) is 0 Å². The van der Waals surface area contributed by atoms with Crippen LogP contribution in [0.2, 0.25) is 0 Å². The van der Waals surface area contributed by atoms with Crippen molar-refractivity contribution in [1.29, 1.82) is 0 Å². The minimum atomic E-state index is 0. The van der Waals surface area contributed by atoms with Crippen LogP contribution < -0.4 is 5.32 Å². The molecule has 62 valence electrons. The maximum Gasteiger partial charge on any atom is 0.219 e. The zero-order valence-electron chi connectivity index (χ0n) is 7.65. The fourth-order valence-corrected chi connectivity index (χ4v) is 0.690. The molecule has 0 saturated carbocycles. The normalized spacial score (nSPS) is 8.55. The van der Waals surface area contributed by atoms with Gasteiger partial charge in [0.1, 0.15) is 0 Å². The Kier molecular flexibility index (Phi) is 13.9. The van der Waals surface area contributed by atoms with Gasteiger partial charge in [0.25, 0.3) is 0 Å². The predicted molar refractivity (Wildman–Crippen MR) is 48.6 cm³/mol. The topological polar surface area (TPSA) is 29.1 Å². The number of amides is 1. The summed E-state index contributed by atoms with van der Waals surface area (Å²) in [6.07, 6.45) is 3.82. The van der Waals surface area contributed by atoms with E-state index in [-0.39, 0.29) is 43.6 Å². The molecule has 0 aliphatic heterocycles. The summed E-state index contributed by atoms with van der Waals surface area (Å²) in [5.74, 6) is 0.198. The van der Waals surface area contributed by atoms with Crippen LogP contribution in [0.1, 0.15) is 39.5 Å². The van der Waals surface area contributed by atoms with E-state index in [1.165, 1.54) is 0 Å². The Balaban J connectivity index is 0. The first-order chi connectivity index (χ1) is 4.81. The van der Waals surface area contributed by atoms with Crippen LogP contribution in [-0.4, -0.2) is 50.2 Å². The van der Waals surface area contributed by atoms with Crippen molar-refractivity contribution in [3.8, 4) is 0 Å². The Labute approximate surface area is 99.1 Å². The van der Waals surface area contributed by atoms with Crippen molar-refractivity contribution < 1.29 is 4.79 Å². The molecule has 0 fully saturated rings. The van der Waals surface area contributed by atoms with Crippen LogP contribution in [0.5, 0.6) is 0 Å². The third kappa shape index (κ3) is 10.7. The van der Waals surface area contributed by atoms with Gasteiger partial charge >= 0.3 is 0 Å². The van der Waals surface area contributed by atoms with Gasteiger partial charge in [-0.25, -0.2) is 0 Å². The zero-order valence-corrected chi connectivity index (χ0v) is 9.86. The summed E-state index contributed by atoms with van der Waals surface area (Å²) in [6.45, 7) is 4.97. The molecular formula is C8H17CaNO. The minimum Gasteiger partial charge on any atom is -0.356 e. The van der Waals surface area contributed by atoms with Gasteiger partial charge in [-0.3, -0.25) is 4.79 Å². The van der Waals surface area contributed by atoms with Crippen molar-refractivity contribution in [2.75, 3.05) is 6.54 Å². The van der Waals surface area contributed by atoms with E-state index in [2.05, 4.69) is 19.2 Å². The molecule has 0 spiro atoms. The van der Waals surface area contributed by atoms with E-state index >= 15 is 0 Å². The molecule has 0 aromatic heterocycles. The second-order valence-corrected chi connectivity index (χ2v) is 2.45.